The molecule has 0 radical (unpaired) electrons. The molecule has 2 aromatic rings. The van der Waals surface area contributed by atoms with E-state index in [1.54, 1.807) is 11.3 Å². The summed E-state index contributed by atoms with van der Waals surface area (Å²) in [6.45, 7) is 5.78. The summed E-state index contributed by atoms with van der Waals surface area (Å²) in [5, 5.41) is 9.16. The van der Waals surface area contributed by atoms with Gasteiger partial charge in [-0.15, -0.1) is 11.3 Å². The molecular weight excluding hydrogens is 433 g/mol. The van der Waals surface area contributed by atoms with E-state index in [1.165, 1.54) is 31.6 Å². The fourth-order valence-electron chi connectivity index (χ4n) is 3.69. The number of carboxylic acid groups (broad SMARTS) is 1. The fourth-order valence-corrected chi connectivity index (χ4v) is 4.38. The van der Waals surface area contributed by atoms with Gasteiger partial charge in [-0.3, -0.25) is 9.69 Å². The Kier molecular flexibility index (Phi) is 7.71. The molecular formula is C20H25F3N4O3S. The van der Waals surface area contributed by atoms with Crippen molar-refractivity contribution in [2.45, 2.75) is 51.5 Å². The molecule has 1 N–H and O–H groups in total. The van der Waals surface area contributed by atoms with E-state index in [9.17, 15) is 18.0 Å². The molecule has 0 aromatic carbocycles. The van der Waals surface area contributed by atoms with Crippen LogP contribution in [0.3, 0.4) is 0 Å². The van der Waals surface area contributed by atoms with E-state index in [4.69, 9.17) is 9.90 Å². The van der Waals surface area contributed by atoms with Gasteiger partial charge in [0.15, 0.2) is 0 Å². The van der Waals surface area contributed by atoms with Crippen LogP contribution in [0.5, 0.6) is 0 Å². The van der Waals surface area contributed by atoms with Crippen LogP contribution in [0.1, 0.15) is 35.5 Å². The summed E-state index contributed by atoms with van der Waals surface area (Å²) in [6.07, 6.45) is 0.993. The lowest BCUT2D eigenvalue weighted by Crippen LogP contribution is -2.32. The molecule has 0 atom stereocenters. The van der Waals surface area contributed by atoms with Crippen LogP contribution < -0.4 is 0 Å². The first-order valence-electron chi connectivity index (χ1n) is 10.1. The summed E-state index contributed by atoms with van der Waals surface area (Å²) >= 11 is 1.66. The van der Waals surface area contributed by atoms with Crippen molar-refractivity contribution in [3.05, 3.63) is 40.1 Å². The number of amides is 1. The van der Waals surface area contributed by atoms with Crippen molar-refractivity contribution >= 4 is 23.2 Å². The zero-order valence-electron chi connectivity index (χ0n) is 17.0. The molecule has 0 unspecified atom stereocenters. The van der Waals surface area contributed by atoms with Gasteiger partial charge < -0.3 is 14.6 Å². The second-order valence-corrected chi connectivity index (χ2v) is 8.57. The number of alkyl halides is 3. The maximum Gasteiger partial charge on any atom is 0.490 e. The lowest BCUT2D eigenvalue weighted by Gasteiger charge is -2.21. The zero-order chi connectivity index (χ0) is 22.4. The number of aryl methyl sites for hydroxylation is 1. The van der Waals surface area contributed by atoms with Crippen molar-refractivity contribution in [3.63, 3.8) is 0 Å². The predicted octanol–water partition coefficient (Wildman–Crippen LogP) is 3.15. The third-order valence-corrected chi connectivity index (χ3v) is 6.15. The van der Waals surface area contributed by atoms with Crippen molar-refractivity contribution in [2.75, 3.05) is 19.6 Å². The second-order valence-electron chi connectivity index (χ2n) is 7.54. The lowest BCUT2D eigenvalue weighted by molar-refractivity contribution is -0.192. The van der Waals surface area contributed by atoms with Crippen LogP contribution in [0.25, 0.3) is 0 Å². The van der Waals surface area contributed by atoms with Gasteiger partial charge in [-0.1, -0.05) is 6.07 Å². The molecule has 0 saturated carbocycles. The highest BCUT2D eigenvalue weighted by Crippen LogP contribution is 2.21. The number of fused-ring (bicyclic) bond motifs is 1. The van der Waals surface area contributed by atoms with Crippen LogP contribution >= 0.6 is 11.3 Å². The molecule has 0 bridgehead atoms. The van der Waals surface area contributed by atoms with Crippen LogP contribution in [-0.4, -0.2) is 62.1 Å². The Balaban J connectivity index is 0.000000339. The number of thiophene rings is 1. The minimum atomic E-state index is -5.08. The van der Waals surface area contributed by atoms with Crippen molar-refractivity contribution in [1.82, 2.24) is 19.4 Å². The Labute approximate surface area is 182 Å². The lowest BCUT2D eigenvalue weighted by atomic mass is 10.2. The van der Waals surface area contributed by atoms with Crippen LogP contribution in [0.2, 0.25) is 0 Å². The number of carboxylic acids is 1. The standard InChI is InChI=1S/C18H24N4OS.C2HF3O2/c23-18(11-15-5-3-10-24-15)21-8-4-9-22-14-19-16(17(22)13-21)12-20-6-1-2-7-20;3-2(4,5)1(6)7/h3,5,10,14H,1-2,4,6-9,11-13H2;(H,6,7). The number of hydrogen-bond acceptors (Lipinski definition) is 5. The topological polar surface area (TPSA) is 78.7 Å². The molecule has 170 valence electrons. The summed E-state index contributed by atoms with van der Waals surface area (Å²) in [4.78, 5) is 31.9. The maximum atomic E-state index is 12.7. The Morgan fingerprint density at radius 3 is 2.45 bits per heavy atom. The van der Waals surface area contributed by atoms with Gasteiger partial charge in [-0.05, 0) is 43.8 Å². The van der Waals surface area contributed by atoms with Crippen molar-refractivity contribution in [3.8, 4) is 0 Å². The minimum absolute atomic E-state index is 0.235. The number of nitrogens with zero attached hydrogens (tertiary/aromatic N) is 4. The first kappa shape index (κ1) is 23.3. The predicted molar refractivity (Wildman–Crippen MR) is 108 cm³/mol. The van der Waals surface area contributed by atoms with Crippen molar-refractivity contribution in [1.29, 1.82) is 0 Å². The number of halogens is 3. The van der Waals surface area contributed by atoms with Gasteiger partial charge in [0, 0.05) is 24.5 Å². The molecule has 0 spiro atoms. The van der Waals surface area contributed by atoms with Crippen LogP contribution in [0.15, 0.2) is 23.8 Å². The highest BCUT2D eigenvalue weighted by molar-refractivity contribution is 7.10. The van der Waals surface area contributed by atoms with Gasteiger partial charge in [0.1, 0.15) is 0 Å². The maximum absolute atomic E-state index is 12.7. The smallest absolute Gasteiger partial charge is 0.475 e. The molecule has 11 heteroatoms. The van der Waals surface area contributed by atoms with E-state index >= 15 is 0 Å². The van der Waals surface area contributed by atoms with Gasteiger partial charge in [-0.2, -0.15) is 13.2 Å². The van der Waals surface area contributed by atoms with E-state index in [0.717, 1.165) is 36.6 Å². The summed E-state index contributed by atoms with van der Waals surface area (Å²) in [5.74, 6) is -2.52. The number of imidazole rings is 1. The Morgan fingerprint density at radius 2 is 1.84 bits per heavy atom. The third-order valence-electron chi connectivity index (χ3n) is 5.27. The average Bonchev–Trinajstić information content (AvgIpc) is 3.44. The Hall–Kier alpha value is -2.40. The normalized spacial score (nSPS) is 16.9. The van der Waals surface area contributed by atoms with E-state index in [-0.39, 0.29) is 5.91 Å². The second kappa shape index (κ2) is 10.3. The SMILES string of the molecule is O=C(Cc1cccs1)N1CCCn2cnc(CN3CCCC3)c2C1.O=C(O)C(F)(F)F. The molecule has 2 aliphatic rings. The number of aromatic nitrogens is 2. The van der Waals surface area contributed by atoms with Gasteiger partial charge in [0.2, 0.25) is 5.91 Å². The molecule has 0 aliphatic carbocycles. The molecule has 7 nitrogen and oxygen atoms in total. The molecule has 4 heterocycles. The van der Waals surface area contributed by atoms with E-state index in [1.807, 2.05) is 28.7 Å². The number of carbonyl (C=O) groups excluding carboxylic acids is 1. The van der Waals surface area contributed by atoms with Gasteiger partial charge in [0.05, 0.1) is 30.7 Å². The summed E-state index contributed by atoms with van der Waals surface area (Å²) < 4.78 is 34.0. The van der Waals surface area contributed by atoms with Gasteiger partial charge in [0.25, 0.3) is 0 Å². The van der Waals surface area contributed by atoms with Crippen molar-refractivity contribution < 1.29 is 27.9 Å². The molecule has 2 aromatic heterocycles. The first-order chi connectivity index (χ1) is 14.7. The number of likely N-dealkylation sites (tertiary alicyclic amines) is 1. The number of aliphatic carboxylic acids is 1. The minimum Gasteiger partial charge on any atom is -0.475 e. The summed E-state index contributed by atoms with van der Waals surface area (Å²) in [7, 11) is 0. The van der Waals surface area contributed by atoms with E-state index in [0.29, 0.717) is 13.0 Å². The summed E-state index contributed by atoms with van der Waals surface area (Å²) in [5.41, 5.74) is 2.40. The molecule has 1 saturated heterocycles. The highest BCUT2D eigenvalue weighted by Gasteiger charge is 2.38. The zero-order valence-corrected chi connectivity index (χ0v) is 17.8. The molecule has 1 amide bonds. The number of rotatable bonds is 4. The van der Waals surface area contributed by atoms with E-state index in [2.05, 4.69) is 14.5 Å². The Bertz CT molecular complexity index is 877. The fraction of sp³-hybridized carbons (Fsp3) is 0.550. The Morgan fingerprint density at radius 1 is 1.13 bits per heavy atom. The number of hydrogen-bond donors (Lipinski definition) is 1. The van der Waals surface area contributed by atoms with Crippen LogP contribution in [-0.2, 0) is 35.6 Å². The molecule has 31 heavy (non-hydrogen) atoms. The van der Waals surface area contributed by atoms with Gasteiger partial charge in [-0.25, -0.2) is 9.78 Å². The van der Waals surface area contributed by atoms with Gasteiger partial charge >= 0.3 is 12.1 Å². The average molecular weight is 459 g/mol. The molecule has 1 fully saturated rings. The quantitative estimate of drug-likeness (QED) is 0.762. The molecule has 2 aliphatic heterocycles. The third kappa shape index (κ3) is 6.54. The largest absolute Gasteiger partial charge is 0.490 e. The monoisotopic (exact) mass is 458 g/mol. The summed E-state index contributed by atoms with van der Waals surface area (Å²) in [6, 6.07) is 4.06. The van der Waals surface area contributed by atoms with E-state index < -0.39 is 12.1 Å². The van der Waals surface area contributed by atoms with Crippen molar-refractivity contribution in [2.24, 2.45) is 0 Å². The highest BCUT2D eigenvalue weighted by atomic mass is 32.1. The number of carbonyl (C=O) groups is 2. The first-order valence-corrected chi connectivity index (χ1v) is 11.0. The van der Waals surface area contributed by atoms with Crippen LogP contribution in [0.4, 0.5) is 13.2 Å². The van der Waals surface area contributed by atoms with Crippen LogP contribution in [0, 0.1) is 0 Å². The molecule has 4 rings (SSSR count).